The van der Waals surface area contributed by atoms with Gasteiger partial charge in [0, 0.05) is 35.4 Å². The predicted molar refractivity (Wildman–Crippen MR) is 72.5 cm³/mol. The number of rotatable bonds is 5. The van der Waals surface area contributed by atoms with Gasteiger partial charge in [0.05, 0.1) is 0 Å². The molecule has 2 N–H and O–H groups in total. The normalized spacial score (nSPS) is 10.6. The highest BCUT2D eigenvalue weighted by Gasteiger charge is 2.14. The van der Waals surface area contributed by atoms with Gasteiger partial charge in [-0.25, -0.2) is 4.98 Å². The molecule has 0 radical (unpaired) electrons. The maximum absolute atomic E-state index is 5.74. The summed E-state index contributed by atoms with van der Waals surface area (Å²) in [5.74, 6) is 0.945. The molecular weight excluding hydrogens is 266 g/mol. The summed E-state index contributed by atoms with van der Waals surface area (Å²) in [7, 11) is 0. The number of hydrogen-bond acceptors (Lipinski definition) is 3. The van der Waals surface area contributed by atoms with Crippen molar-refractivity contribution in [1.82, 2.24) is 4.98 Å². The topological polar surface area (TPSA) is 42.2 Å². The Morgan fingerprint density at radius 3 is 2.81 bits per heavy atom. The summed E-state index contributed by atoms with van der Waals surface area (Å²) in [6.45, 7) is 9.30. The predicted octanol–water partition coefficient (Wildman–Crippen LogP) is 2.70. The molecule has 4 heteroatoms. The Balaban J connectivity index is 3.12. The number of pyridine rings is 1. The molecule has 0 fully saturated rings. The van der Waals surface area contributed by atoms with Crippen LogP contribution in [0.15, 0.2) is 29.4 Å². The second-order valence-electron chi connectivity index (χ2n) is 3.88. The zero-order valence-electron chi connectivity index (χ0n) is 9.78. The minimum atomic E-state index is 0.372. The summed E-state index contributed by atoms with van der Waals surface area (Å²) >= 11 is 3.41. The maximum atomic E-state index is 5.74. The highest BCUT2D eigenvalue weighted by Crippen LogP contribution is 2.22. The molecule has 3 nitrogen and oxygen atoms in total. The van der Waals surface area contributed by atoms with Crippen molar-refractivity contribution in [3.8, 4) is 0 Å². The van der Waals surface area contributed by atoms with Gasteiger partial charge in [0.15, 0.2) is 0 Å². The first-order valence-electron chi connectivity index (χ1n) is 5.32. The molecule has 0 spiro atoms. The highest BCUT2D eigenvalue weighted by molar-refractivity contribution is 9.10. The molecule has 1 rings (SSSR count). The summed E-state index contributed by atoms with van der Waals surface area (Å²) in [4.78, 5) is 6.62. The summed E-state index contributed by atoms with van der Waals surface area (Å²) in [5, 5.41) is 0. The Labute approximate surface area is 105 Å². The van der Waals surface area contributed by atoms with Crippen LogP contribution in [0.25, 0.3) is 0 Å². The molecular formula is C12H18BrN3. The lowest BCUT2D eigenvalue weighted by Crippen LogP contribution is -2.32. The van der Waals surface area contributed by atoms with Crippen molar-refractivity contribution in [1.29, 1.82) is 0 Å². The number of nitrogens with two attached hydrogens (primary N) is 1. The standard InChI is InChI=1S/C12H18BrN3/c1-4-5-16(9(2)3)12-10(7-14)6-11(13)8-15-12/h4,6,8-9H,1,5,7,14H2,2-3H3. The summed E-state index contributed by atoms with van der Waals surface area (Å²) in [5.41, 5.74) is 6.79. The summed E-state index contributed by atoms with van der Waals surface area (Å²) in [6, 6.07) is 2.39. The van der Waals surface area contributed by atoms with E-state index in [0.717, 1.165) is 22.4 Å². The molecule has 0 unspecified atom stereocenters. The molecule has 1 aromatic rings. The van der Waals surface area contributed by atoms with Crippen molar-refractivity contribution in [2.45, 2.75) is 26.4 Å². The largest absolute Gasteiger partial charge is 0.350 e. The molecule has 0 amide bonds. The van der Waals surface area contributed by atoms with Crippen molar-refractivity contribution in [2.75, 3.05) is 11.4 Å². The first kappa shape index (κ1) is 13.2. The van der Waals surface area contributed by atoms with Crippen LogP contribution in [0.4, 0.5) is 5.82 Å². The van der Waals surface area contributed by atoms with E-state index < -0.39 is 0 Å². The van der Waals surface area contributed by atoms with Gasteiger partial charge in [0.1, 0.15) is 5.82 Å². The second kappa shape index (κ2) is 6.01. The van der Waals surface area contributed by atoms with Crippen molar-refractivity contribution >= 4 is 21.7 Å². The average molecular weight is 284 g/mol. The van der Waals surface area contributed by atoms with Gasteiger partial charge in [-0.2, -0.15) is 0 Å². The van der Waals surface area contributed by atoms with Crippen molar-refractivity contribution in [3.05, 3.63) is 35.0 Å². The fourth-order valence-corrected chi connectivity index (χ4v) is 1.94. The van der Waals surface area contributed by atoms with Gasteiger partial charge in [0.25, 0.3) is 0 Å². The minimum Gasteiger partial charge on any atom is -0.350 e. The van der Waals surface area contributed by atoms with Gasteiger partial charge in [-0.05, 0) is 35.8 Å². The Bertz CT molecular complexity index is 363. The zero-order valence-corrected chi connectivity index (χ0v) is 11.4. The molecule has 0 aliphatic heterocycles. The first-order chi connectivity index (χ1) is 7.60. The van der Waals surface area contributed by atoms with Crippen LogP contribution in [0.1, 0.15) is 19.4 Å². The van der Waals surface area contributed by atoms with Crippen LogP contribution in [-0.2, 0) is 6.54 Å². The third-order valence-electron chi connectivity index (χ3n) is 2.35. The van der Waals surface area contributed by atoms with E-state index in [1.165, 1.54) is 0 Å². The Kier molecular flexibility index (Phi) is 4.96. The molecule has 0 bridgehead atoms. The number of hydrogen-bond donors (Lipinski definition) is 1. The van der Waals surface area contributed by atoms with E-state index in [9.17, 15) is 0 Å². The summed E-state index contributed by atoms with van der Waals surface area (Å²) < 4.78 is 0.957. The van der Waals surface area contributed by atoms with Crippen LogP contribution in [0.5, 0.6) is 0 Å². The Morgan fingerprint density at radius 1 is 1.62 bits per heavy atom. The van der Waals surface area contributed by atoms with Gasteiger partial charge in [-0.3, -0.25) is 0 Å². The molecule has 88 valence electrons. The van der Waals surface area contributed by atoms with E-state index in [2.05, 4.69) is 46.2 Å². The lowest BCUT2D eigenvalue weighted by molar-refractivity contribution is 0.706. The molecule has 16 heavy (non-hydrogen) atoms. The lowest BCUT2D eigenvalue weighted by atomic mass is 10.2. The van der Waals surface area contributed by atoms with E-state index in [4.69, 9.17) is 5.73 Å². The molecule has 0 atom stereocenters. The van der Waals surface area contributed by atoms with E-state index >= 15 is 0 Å². The molecule has 0 aliphatic rings. The third kappa shape index (κ3) is 3.06. The van der Waals surface area contributed by atoms with Gasteiger partial charge in [0.2, 0.25) is 0 Å². The van der Waals surface area contributed by atoms with Gasteiger partial charge < -0.3 is 10.6 Å². The van der Waals surface area contributed by atoms with Crippen LogP contribution in [0, 0.1) is 0 Å². The molecule has 1 aromatic heterocycles. The van der Waals surface area contributed by atoms with Crippen molar-refractivity contribution in [3.63, 3.8) is 0 Å². The SMILES string of the molecule is C=CCN(c1ncc(Br)cc1CN)C(C)C. The van der Waals surface area contributed by atoms with Crippen LogP contribution < -0.4 is 10.6 Å². The monoisotopic (exact) mass is 283 g/mol. The Morgan fingerprint density at radius 2 is 2.31 bits per heavy atom. The van der Waals surface area contributed by atoms with E-state index in [1.807, 2.05) is 12.1 Å². The quantitative estimate of drug-likeness (QED) is 0.845. The molecule has 1 heterocycles. The average Bonchev–Trinajstić information content (AvgIpc) is 2.26. The van der Waals surface area contributed by atoms with E-state index in [0.29, 0.717) is 12.6 Å². The fraction of sp³-hybridized carbons (Fsp3) is 0.417. The maximum Gasteiger partial charge on any atom is 0.133 e. The molecule has 0 aliphatic carbocycles. The van der Waals surface area contributed by atoms with Gasteiger partial charge in [-0.15, -0.1) is 6.58 Å². The molecule has 0 aromatic carbocycles. The number of aromatic nitrogens is 1. The number of nitrogens with zero attached hydrogens (tertiary/aromatic N) is 2. The smallest absolute Gasteiger partial charge is 0.133 e. The Hall–Kier alpha value is -0.870. The highest BCUT2D eigenvalue weighted by atomic mass is 79.9. The van der Waals surface area contributed by atoms with E-state index in [1.54, 1.807) is 6.20 Å². The lowest BCUT2D eigenvalue weighted by Gasteiger charge is -2.28. The molecule has 0 saturated carbocycles. The fourth-order valence-electron chi connectivity index (χ4n) is 1.56. The van der Waals surface area contributed by atoms with Crippen LogP contribution in [0.2, 0.25) is 0 Å². The molecule has 0 saturated heterocycles. The van der Waals surface area contributed by atoms with Gasteiger partial charge in [-0.1, -0.05) is 6.08 Å². The van der Waals surface area contributed by atoms with Crippen LogP contribution in [-0.4, -0.2) is 17.6 Å². The second-order valence-corrected chi connectivity index (χ2v) is 4.79. The minimum absolute atomic E-state index is 0.372. The first-order valence-corrected chi connectivity index (χ1v) is 6.11. The van der Waals surface area contributed by atoms with Crippen LogP contribution >= 0.6 is 15.9 Å². The van der Waals surface area contributed by atoms with E-state index in [-0.39, 0.29) is 0 Å². The number of anilines is 1. The van der Waals surface area contributed by atoms with Crippen molar-refractivity contribution in [2.24, 2.45) is 5.73 Å². The number of halogens is 1. The van der Waals surface area contributed by atoms with Crippen molar-refractivity contribution < 1.29 is 0 Å². The van der Waals surface area contributed by atoms with Gasteiger partial charge >= 0.3 is 0 Å². The third-order valence-corrected chi connectivity index (χ3v) is 2.78. The van der Waals surface area contributed by atoms with Crippen LogP contribution in [0.3, 0.4) is 0 Å². The summed E-state index contributed by atoms with van der Waals surface area (Å²) in [6.07, 6.45) is 3.68. The zero-order chi connectivity index (χ0) is 12.1.